The number of benzene rings is 1. The summed E-state index contributed by atoms with van der Waals surface area (Å²) >= 11 is 3.50. The van der Waals surface area contributed by atoms with Crippen LogP contribution in [0.3, 0.4) is 0 Å². The molecule has 0 aromatic heterocycles. The standard InChI is InChI=1S/C12H17BrO/c1-9-4-5-12(10(2)8-9)14-7-6-11(3)13/h4-5,8,11H,6-7H2,1-3H3. The van der Waals surface area contributed by atoms with Crippen LogP contribution >= 0.6 is 15.9 Å². The molecule has 0 bridgehead atoms. The Hall–Kier alpha value is -0.500. The van der Waals surface area contributed by atoms with Crippen molar-refractivity contribution in [3.8, 4) is 5.75 Å². The fraction of sp³-hybridized carbons (Fsp3) is 0.500. The van der Waals surface area contributed by atoms with Crippen molar-refractivity contribution in [2.45, 2.75) is 32.0 Å². The molecule has 0 aliphatic carbocycles. The van der Waals surface area contributed by atoms with E-state index in [2.05, 4.69) is 48.8 Å². The van der Waals surface area contributed by atoms with Crippen LogP contribution in [0.2, 0.25) is 0 Å². The van der Waals surface area contributed by atoms with Crippen LogP contribution in [0.5, 0.6) is 5.75 Å². The fourth-order valence-corrected chi connectivity index (χ4v) is 1.48. The number of hydrogen-bond donors (Lipinski definition) is 0. The lowest BCUT2D eigenvalue weighted by molar-refractivity contribution is 0.310. The van der Waals surface area contributed by atoms with Crippen molar-refractivity contribution < 1.29 is 4.74 Å². The molecule has 0 aliphatic heterocycles. The Bertz CT molecular complexity index is 294. The van der Waals surface area contributed by atoms with Gasteiger partial charge in [0.05, 0.1) is 6.61 Å². The van der Waals surface area contributed by atoms with Gasteiger partial charge in [0, 0.05) is 4.83 Å². The molecule has 14 heavy (non-hydrogen) atoms. The number of aryl methyl sites for hydroxylation is 2. The van der Waals surface area contributed by atoms with E-state index >= 15 is 0 Å². The number of ether oxygens (including phenoxy) is 1. The summed E-state index contributed by atoms with van der Waals surface area (Å²) in [4.78, 5) is 0.522. The minimum Gasteiger partial charge on any atom is -0.493 e. The predicted molar refractivity (Wildman–Crippen MR) is 64.4 cm³/mol. The highest BCUT2D eigenvalue weighted by molar-refractivity contribution is 9.09. The zero-order chi connectivity index (χ0) is 10.6. The molecule has 1 nitrogen and oxygen atoms in total. The Morgan fingerprint density at radius 2 is 2.07 bits per heavy atom. The van der Waals surface area contributed by atoms with Gasteiger partial charge in [0.2, 0.25) is 0 Å². The molecule has 0 heterocycles. The monoisotopic (exact) mass is 256 g/mol. The smallest absolute Gasteiger partial charge is 0.122 e. The first-order chi connectivity index (χ1) is 6.59. The van der Waals surface area contributed by atoms with Crippen LogP contribution in [0, 0.1) is 13.8 Å². The maximum atomic E-state index is 5.67. The number of rotatable bonds is 4. The third-order valence-electron chi connectivity index (χ3n) is 2.10. The lowest BCUT2D eigenvalue weighted by atomic mass is 10.1. The molecule has 0 radical (unpaired) electrons. The van der Waals surface area contributed by atoms with Crippen molar-refractivity contribution in [3.63, 3.8) is 0 Å². The highest BCUT2D eigenvalue weighted by atomic mass is 79.9. The van der Waals surface area contributed by atoms with Gasteiger partial charge in [-0.05, 0) is 31.9 Å². The van der Waals surface area contributed by atoms with Crippen LogP contribution in [0.15, 0.2) is 18.2 Å². The van der Waals surface area contributed by atoms with Crippen molar-refractivity contribution in [2.75, 3.05) is 6.61 Å². The van der Waals surface area contributed by atoms with Gasteiger partial charge in [0.1, 0.15) is 5.75 Å². The van der Waals surface area contributed by atoms with Crippen LogP contribution in [-0.4, -0.2) is 11.4 Å². The molecule has 0 saturated carbocycles. The molecule has 0 fully saturated rings. The first-order valence-electron chi connectivity index (χ1n) is 4.93. The molecular formula is C12H17BrO. The summed E-state index contributed by atoms with van der Waals surface area (Å²) in [5, 5.41) is 0. The van der Waals surface area contributed by atoms with E-state index in [1.807, 2.05) is 6.07 Å². The van der Waals surface area contributed by atoms with Gasteiger partial charge in [-0.2, -0.15) is 0 Å². The molecule has 1 aromatic carbocycles. The number of alkyl halides is 1. The second-order valence-corrected chi connectivity index (χ2v) is 5.25. The van der Waals surface area contributed by atoms with Gasteiger partial charge in [-0.1, -0.05) is 40.5 Å². The van der Waals surface area contributed by atoms with Crippen molar-refractivity contribution in [1.29, 1.82) is 0 Å². The maximum absolute atomic E-state index is 5.67. The molecule has 0 aliphatic rings. The van der Waals surface area contributed by atoms with E-state index in [9.17, 15) is 0 Å². The second kappa shape index (κ2) is 5.40. The Morgan fingerprint density at radius 3 is 2.64 bits per heavy atom. The fourth-order valence-electron chi connectivity index (χ4n) is 1.29. The van der Waals surface area contributed by atoms with E-state index in [0.717, 1.165) is 18.8 Å². The zero-order valence-electron chi connectivity index (χ0n) is 9.01. The Morgan fingerprint density at radius 1 is 1.36 bits per heavy atom. The van der Waals surface area contributed by atoms with Crippen LogP contribution in [0.25, 0.3) is 0 Å². The molecule has 1 aromatic rings. The zero-order valence-corrected chi connectivity index (χ0v) is 10.6. The average Bonchev–Trinajstić information content (AvgIpc) is 2.08. The minimum atomic E-state index is 0.522. The summed E-state index contributed by atoms with van der Waals surface area (Å²) in [5.41, 5.74) is 2.50. The predicted octanol–water partition coefficient (Wildman–Crippen LogP) is 3.86. The minimum absolute atomic E-state index is 0.522. The van der Waals surface area contributed by atoms with Gasteiger partial charge in [-0.3, -0.25) is 0 Å². The summed E-state index contributed by atoms with van der Waals surface area (Å²) in [6, 6.07) is 6.27. The molecule has 1 rings (SSSR count). The molecular weight excluding hydrogens is 240 g/mol. The van der Waals surface area contributed by atoms with Crippen molar-refractivity contribution in [2.24, 2.45) is 0 Å². The van der Waals surface area contributed by atoms with E-state index in [1.165, 1.54) is 11.1 Å². The lowest BCUT2D eigenvalue weighted by Crippen LogP contribution is -2.03. The maximum Gasteiger partial charge on any atom is 0.122 e. The van der Waals surface area contributed by atoms with Gasteiger partial charge in [0.15, 0.2) is 0 Å². The quantitative estimate of drug-likeness (QED) is 0.744. The molecule has 0 spiro atoms. The second-order valence-electron chi connectivity index (χ2n) is 3.69. The Labute approximate surface area is 94.6 Å². The number of hydrogen-bond acceptors (Lipinski definition) is 1. The summed E-state index contributed by atoms with van der Waals surface area (Å²) in [6.07, 6.45) is 1.04. The third-order valence-corrected chi connectivity index (χ3v) is 2.56. The Balaban J connectivity index is 2.51. The van der Waals surface area contributed by atoms with Gasteiger partial charge < -0.3 is 4.74 Å². The van der Waals surface area contributed by atoms with E-state index in [4.69, 9.17) is 4.74 Å². The molecule has 0 saturated heterocycles. The summed E-state index contributed by atoms with van der Waals surface area (Å²) in [6.45, 7) is 7.08. The van der Waals surface area contributed by atoms with E-state index < -0.39 is 0 Å². The molecule has 1 unspecified atom stereocenters. The SMILES string of the molecule is Cc1ccc(OCCC(C)Br)c(C)c1. The van der Waals surface area contributed by atoms with Crippen molar-refractivity contribution in [3.05, 3.63) is 29.3 Å². The molecule has 2 heteroatoms. The first kappa shape index (κ1) is 11.6. The lowest BCUT2D eigenvalue weighted by Gasteiger charge is -2.10. The summed E-state index contributed by atoms with van der Waals surface area (Å²) < 4.78 is 5.67. The molecule has 0 N–H and O–H groups in total. The average molecular weight is 257 g/mol. The van der Waals surface area contributed by atoms with Crippen LogP contribution in [-0.2, 0) is 0 Å². The summed E-state index contributed by atoms with van der Waals surface area (Å²) in [5.74, 6) is 1.00. The van der Waals surface area contributed by atoms with E-state index in [0.29, 0.717) is 4.83 Å². The van der Waals surface area contributed by atoms with E-state index in [-0.39, 0.29) is 0 Å². The van der Waals surface area contributed by atoms with Gasteiger partial charge in [-0.25, -0.2) is 0 Å². The largest absolute Gasteiger partial charge is 0.493 e. The topological polar surface area (TPSA) is 9.23 Å². The highest BCUT2D eigenvalue weighted by Crippen LogP contribution is 2.19. The first-order valence-corrected chi connectivity index (χ1v) is 5.85. The van der Waals surface area contributed by atoms with Crippen LogP contribution in [0.4, 0.5) is 0 Å². The van der Waals surface area contributed by atoms with Gasteiger partial charge in [0.25, 0.3) is 0 Å². The highest BCUT2D eigenvalue weighted by Gasteiger charge is 2.00. The summed E-state index contributed by atoms with van der Waals surface area (Å²) in [7, 11) is 0. The van der Waals surface area contributed by atoms with Gasteiger partial charge in [-0.15, -0.1) is 0 Å². The number of halogens is 1. The van der Waals surface area contributed by atoms with Crippen molar-refractivity contribution in [1.82, 2.24) is 0 Å². The molecule has 0 amide bonds. The molecule has 78 valence electrons. The van der Waals surface area contributed by atoms with Crippen LogP contribution in [0.1, 0.15) is 24.5 Å². The van der Waals surface area contributed by atoms with Gasteiger partial charge >= 0.3 is 0 Å². The normalized spacial score (nSPS) is 12.6. The van der Waals surface area contributed by atoms with E-state index in [1.54, 1.807) is 0 Å². The van der Waals surface area contributed by atoms with Crippen molar-refractivity contribution >= 4 is 15.9 Å². The Kier molecular flexibility index (Phi) is 4.46. The van der Waals surface area contributed by atoms with Crippen LogP contribution < -0.4 is 4.74 Å². The molecule has 1 atom stereocenters. The third kappa shape index (κ3) is 3.70.